The van der Waals surface area contributed by atoms with E-state index in [-0.39, 0.29) is 0 Å². The minimum atomic E-state index is -0.479. The Labute approximate surface area is 110 Å². The van der Waals surface area contributed by atoms with E-state index < -0.39 is 5.54 Å². The third-order valence-corrected chi connectivity index (χ3v) is 3.91. The Morgan fingerprint density at radius 3 is 2.83 bits per heavy atom. The van der Waals surface area contributed by atoms with Crippen LogP contribution < -0.4 is 5.32 Å². The molecule has 0 aliphatic heterocycles. The maximum absolute atomic E-state index is 9.67. The molecule has 2 atom stereocenters. The summed E-state index contributed by atoms with van der Waals surface area (Å²) in [6.07, 6.45) is 1.99. The summed E-state index contributed by atoms with van der Waals surface area (Å²) < 4.78 is 0. The van der Waals surface area contributed by atoms with E-state index in [1.165, 1.54) is 11.1 Å². The lowest BCUT2D eigenvalue weighted by Crippen LogP contribution is -2.45. The van der Waals surface area contributed by atoms with Gasteiger partial charge in [0.05, 0.1) is 6.07 Å². The number of nitrogens with one attached hydrogen (secondary N) is 1. The van der Waals surface area contributed by atoms with Crippen LogP contribution in [0.1, 0.15) is 50.7 Å². The fourth-order valence-corrected chi connectivity index (χ4v) is 2.76. The summed E-state index contributed by atoms with van der Waals surface area (Å²) in [5, 5.41) is 13.2. The van der Waals surface area contributed by atoms with Gasteiger partial charge in [-0.15, -0.1) is 0 Å². The highest BCUT2D eigenvalue weighted by atomic mass is 15.0. The van der Waals surface area contributed by atoms with Gasteiger partial charge in [-0.3, -0.25) is 5.32 Å². The molecule has 2 rings (SSSR count). The van der Waals surface area contributed by atoms with Crippen molar-refractivity contribution in [3.05, 3.63) is 35.4 Å². The number of nitriles is 1. The van der Waals surface area contributed by atoms with Crippen LogP contribution >= 0.6 is 0 Å². The van der Waals surface area contributed by atoms with Gasteiger partial charge in [-0.2, -0.15) is 5.26 Å². The second-order valence-corrected chi connectivity index (χ2v) is 5.82. The summed E-state index contributed by atoms with van der Waals surface area (Å²) in [6, 6.07) is 10.9. The zero-order valence-electron chi connectivity index (χ0n) is 11.5. The van der Waals surface area contributed by atoms with Crippen LogP contribution in [0, 0.1) is 17.2 Å². The van der Waals surface area contributed by atoms with Gasteiger partial charge in [0.15, 0.2) is 0 Å². The standard InChI is InChI=1S/C16H22N2/c1-12(2)10-18-16(11-17)9-8-13(3)14-6-4-5-7-15(14)16/h4-7,12-13,18H,8-10H2,1-3H3. The summed E-state index contributed by atoms with van der Waals surface area (Å²) in [7, 11) is 0. The van der Waals surface area contributed by atoms with Crippen molar-refractivity contribution in [2.24, 2.45) is 5.92 Å². The molecule has 1 aliphatic carbocycles. The average Bonchev–Trinajstić information content (AvgIpc) is 2.39. The molecule has 0 aromatic heterocycles. The maximum Gasteiger partial charge on any atom is 0.132 e. The topological polar surface area (TPSA) is 35.8 Å². The van der Waals surface area contributed by atoms with Crippen molar-refractivity contribution in [1.82, 2.24) is 5.32 Å². The van der Waals surface area contributed by atoms with Gasteiger partial charge in [0, 0.05) is 0 Å². The van der Waals surface area contributed by atoms with E-state index in [4.69, 9.17) is 0 Å². The molecule has 2 heteroatoms. The SMILES string of the molecule is CC(C)CNC1(C#N)CCC(C)c2ccccc21. The van der Waals surface area contributed by atoms with Crippen LogP contribution in [0.3, 0.4) is 0 Å². The Balaban J connectivity index is 2.38. The smallest absolute Gasteiger partial charge is 0.132 e. The van der Waals surface area contributed by atoms with Crippen molar-refractivity contribution in [3.63, 3.8) is 0 Å². The van der Waals surface area contributed by atoms with Crippen molar-refractivity contribution in [3.8, 4) is 6.07 Å². The minimum Gasteiger partial charge on any atom is -0.295 e. The third-order valence-electron chi connectivity index (χ3n) is 3.91. The highest BCUT2D eigenvalue weighted by Crippen LogP contribution is 2.40. The molecule has 18 heavy (non-hydrogen) atoms. The highest BCUT2D eigenvalue weighted by molar-refractivity contribution is 5.42. The van der Waals surface area contributed by atoms with Crippen molar-refractivity contribution in [2.45, 2.75) is 45.1 Å². The van der Waals surface area contributed by atoms with Crippen LogP contribution in [0.15, 0.2) is 24.3 Å². The van der Waals surface area contributed by atoms with Gasteiger partial charge in [0.25, 0.3) is 0 Å². The summed E-state index contributed by atoms with van der Waals surface area (Å²) in [4.78, 5) is 0. The normalized spacial score (nSPS) is 26.7. The third kappa shape index (κ3) is 2.28. The van der Waals surface area contributed by atoms with E-state index in [0.29, 0.717) is 11.8 Å². The lowest BCUT2D eigenvalue weighted by atomic mass is 9.73. The minimum absolute atomic E-state index is 0.479. The molecule has 2 nitrogen and oxygen atoms in total. The largest absolute Gasteiger partial charge is 0.295 e. The first-order valence-corrected chi connectivity index (χ1v) is 6.85. The van der Waals surface area contributed by atoms with Crippen molar-refractivity contribution in [2.75, 3.05) is 6.54 Å². The van der Waals surface area contributed by atoms with Gasteiger partial charge in [0.2, 0.25) is 0 Å². The molecule has 0 saturated carbocycles. The number of nitrogens with zero attached hydrogens (tertiary/aromatic N) is 1. The highest BCUT2D eigenvalue weighted by Gasteiger charge is 2.38. The monoisotopic (exact) mass is 242 g/mol. The number of hydrogen-bond acceptors (Lipinski definition) is 2. The first kappa shape index (κ1) is 13.1. The van der Waals surface area contributed by atoms with Crippen LogP contribution in [0.5, 0.6) is 0 Å². The lowest BCUT2D eigenvalue weighted by molar-refractivity contribution is 0.331. The van der Waals surface area contributed by atoms with Crippen LogP contribution in [-0.4, -0.2) is 6.54 Å². The Morgan fingerprint density at radius 2 is 2.17 bits per heavy atom. The van der Waals surface area contributed by atoms with Crippen molar-refractivity contribution < 1.29 is 0 Å². The average molecular weight is 242 g/mol. The van der Waals surface area contributed by atoms with Crippen molar-refractivity contribution >= 4 is 0 Å². The Bertz CT molecular complexity index is 458. The van der Waals surface area contributed by atoms with E-state index in [2.05, 4.69) is 50.4 Å². The quantitative estimate of drug-likeness (QED) is 0.880. The molecule has 0 saturated heterocycles. The molecule has 0 bridgehead atoms. The summed E-state index contributed by atoms with van der Waals surface area (Å²) >= 11 is 0. The number of rotatable bonds is 3. The first-order chi connectivity index (χ1) is 8.59. The molecular weight excluding hydrogens is 220 g/mol. The van der Waals surface area contributed by atoms with Gasteiger partial charge in [-0.1, -0.05) is 45.0 Å². The zero-order valence-corrected chi connectivity index (χ0v) is 11.5. The van der Waals surface area contributed by atoms with Gasteiger partial charge in [-0.25, -0.2) is 0 Å². The second-order valence-electron chi connectivity index (χ2n) is 5.82. The van der Waals surface area contributed by atoms with E-state index in [1.807, 2.05) is 6.07 Å². The molecule has 1 aromatic carbocycles. The fraction of sp³-hybridized carbons (Fsp3) is 0.562. The fourth-order valence-electron chi connectivity index (χ4n) is 2.76. The Kier molecular flexibility index (Phi) is 3.73. The molecular formula is C16H22N2. The number of benzene rings is 1. The zero-order chi connectivity index (χ0) is 13.2. The van der Waals surface area contributed by atoms with Crippen LogP contribution in [0.25, 0.3) is 0 Å². The molecule has 1 aromatic rings. The van der Waals surface area contributed by atoms with E-state index >= 15 is 0 Å². The summed E-state index contributed by atoms with van der Waals surface area (Å²) in [6.45, 7) is 7.49. The van der Waals surface area contributed by atoms with Gasteiger partial charge >= 0.3 is 0 Å². The first-order valence-electron chi connectivity index (χ1n) is 6.85. The predicted octanol–water partition coefficient (Wildman–Crippen LogP) is 3.55. The number of fused-ring (bicyclic) bond motifs is 1. The molecule has 0 fully saturated rings. The van der Waals surface area contributed by atoms with Gasteiger partial charge in [0.1, 0.15) is 5.54 Å². The molecule has 1 aliphatic rings. The second kappa shape index (κ2) is 5.12. The van der Waals surface area contributed by atoms with E-state index in [1.54, 1.807) is 0 Å². The lowest BCUT2D eigenvalue weighted by Gasteiger charge is -2.37. The Morgan fingerprint density at radius 1 is 1.44 bits per heavy atom. The van der Waals surface area contributed by atoms with Crippen LogP contribution in [-0.2, 0) is 5.54 Å². The molecule has 0 heterocycles. The van der Waals surface area contributed by atoms with E-state index in [0.717, 1.165) is 19.4 Å². The molecule has 0 spiro atoms. The molecule has 1 N–H and O–H groups in total. The number of hydrogen-bond donors (Lipinski definition) is 1. The predicted molar refractivity (Wildman–Crippen MR) is 74.2 cm³/mol. The molecule has 0 radical (unpaired) electrons. The molecule has 0 amide bonds. The Hall–Kier alpha value is -1.33. The summed E-state index contributed by atoms with van der Waals surface area (Å²) in [5.41, 5.74) is 2.04. The van der Waals surface area contributed by atoms with Crippen molar-refractivity contribution in [1.29, 1.82) is 5.26 Å². The molecule has 2 unspecified atom stereocenters. The van der Waals surface area contributed by atoms with Gasteiger partial charge in [-0.05, 0) is 42.3 Å². The molecule has 96 valence electrons. The summed E-state index contributed by atoms with van der Waals surface area (Å²) in [5.74, 6) is 1.12. The van der Waals surface area contributed by atoms with E-state index in [9.17, 15) is 5.26 Å². The van der Waals surface area contributed by atoms with Crippen LogP contribution in [0.2, 0.25) is 0 Å². The van der Waals surface area contributed by atoms with Gasteiger partial charge < -0.3 is 0 Å². The maximum atomic E-state index is 9.67. The van der Waals surface area contributed by atoms with Crippen LogP contribution in [0.4, 0.5) is 0 Å².